The number of oxime groups is 1. The minimum Gasteiger partial charge on any atom is -0.542 e. The van der Waals surface area contributed by atoms with Gasteiger partial charge in [0.1, 0.15) is 5.69 Å². The Morgan fingerprint density at radius 2 is 2.32 bits per heavy atom. The largest absolute Gasteiger partial charge is 0.542 e. The number of thiazole rings is 1. The van der Waals surface area contributed by atoms with Crippen LogP contribution >= 0.6 is 11.3 Å². The fourth-order valence-corrected chi connectivity index (χ4v) is 1.98. The van der Waals surface area contributed by atoms with Gasteiger partial charge in [0.15, 0.2) is 11.8 Å². The Labute approximate surface area is 130 Å². The Morgan fingerprint density at radius 1 is 1.59 bits per heavy atom. The quantitative estimate of drug-likeness (QED) is 0.173. The molecule has 0 spiro atoms. The molecule has 116 valence electrons. The molecule has 0 amide bonds. The van der Waals surface area contributed by atoms with Crippen LogP contribution in [0.15, 0.2) is 10.5 Å². The molecule has 22 heavy (non-hydrogen) atoms. The Morgan fingerprint density at radius 3 is 2.82 bits per heavy atom. The van der Waals surface area contributed by atoms with Gasteiger partial charge in [-0.3, -0.25) is 4.79 Å². The van der Waals surface area contributed by atoms with E-state index in [1.807, 2.05) is 0 Å². The van der Waals surface area contributed by atoms with Gasteiger partial charge in [0.2, 0.25) is 5.71 Å². The maximum Gasteiger partial charge on any atom is 0.360 e. The zero-order valence-corrected chi connectivity index (χ0v) is 12.4. The lowest BCUT2D eigenvalue weighted by atomic mass is 9.80. The maximum atomic E-state index is 11.5. The molecule has 1 rings (SSSR count). The van der Waals surface area contributed by atoms with Crippen LogP contribution in [0.25, 0.3) is 0 Å². The standard InChI is InChI=1S/C10H12B2N2O7S/c1-5-13-6(3-22-5)8(10(17)18)14-21-7(9(16)12-19)2-11-20-4-15/h3-4,7,11-12,19H,2H2,1H3,(H,17,18)/b14-8-/t7-/m0/s1. The molecule has 1 aromatic heterocycles. The Kier molecular flexibility index (Phi) is 7.26. The van der Waals surface area contributed by atoms with E-state index in [4.69, 9.17) is 15.0 Å². The zero-order valence-electron chi connectivity index (χ0n) is 11.6. The second-order valence-corrected chi connectivity index (χ2v) is 5.03. The van der Waals surface area contributed by atoms with Crippen LogP contribution in [0, 0.1) is 6.92 Å². The van der Waals surface area contributed by atoms with Gasteiger partial charge in [-0.25, -0.2) is 9.78 Å². The predicted octanol–water partition coefficient (Wildman–Crippen LogP) is -1.56. The topological polar surface area (TPSA) is 135 Å². The van der Waals surface area contributed by atoms with Crippen LogP contribution in [-0.4, -0.2) is 60.0 Å². The molecule has 12 heteroatoms. The maximum absolute atomic E-state index is 11.5. The number of carbonyl (C=O) groups excluding carboxylic acids is 2. The Balaban J connectivity index is 2.86. The summed E-state index contributed by atoms with van der Waals surface area (Å²) in [4.78, 5) is 41.6. The molecule has 0 aromatic carbocycles. The van der Waals surface area contributed by atoms with E-state index in [-0.39, 0.29) is 26.0 Å². The summed E-state index contributed by atoms with van der Waals surface area (Å²) in [5.41, 5.74) is -1.07. The summed E-state index contributed by atoms with van der Waals surface area (Å²) in [6.07, 6.45) is -1.29. The number of hydrogen-bond donors (Lipinski definition) is 2. The highest BCUT2D eigenvalue weighted by atomic mass is 32.1. The monoisotopic (exact) mass is 326 g/mol. The van der Waals surface area contributed by atoms with E-state index >= 15 is 0 Å². The van der Waals surface area contributed by atoms with Crippen molar-refractivity contribution >= 4 is 50.1 Å². The number of rotatable bonds is 10. The second kappa shape index (κ2) is 8.95. The lowest BCUT2D eigenvalue weighted by Gasteiger charge is -2.11. The number of aliphatic carboxylic acids is 1. The van der Waals surface area contributed by atoms with Crippen molar-refractivity contribution in [1.29, 1.82) is 0 Å². The number of nitrogens with zero attached hydrogens (tertiary/aromatic N) is 2. The molecule has 9 nitrogen and oxygen atoms in total. The number of aryl methyl sites for hydroxylation is 1. The van der Waals surface area contributed by atoms with Gasteiger partial charge < -0.3 is 24.4 Å². The summed E-state index contributed by atoms with van der Waals surface area (Å²) in [6, 6.07) is 0. The molecule has 0 aliphatic rings. The molecule has 0 saturated heterocycles. The van der Waals surface area contributed by atoms with Crippen molar-refractivity contribution in [3.8, 4) is 0 Å². The van der Waals surface area contributed by atoms with E-state index in [1.54, 1.807) is 6.92 Å². The fourth-order valence-electron chi connectivity index (χ4n) is 1.38. The lowest BCUT2D eigenvalue weighted by molar-refractivity contribution is -0.130. The van der Waals surface area contributed by atoms with Crippen molar-refractivity contribution in [2.45, 2.75) is 19.3 Å². The minimum atomic E-state index is -1.37. The van der Waals surface area contributed by atoms with Gasteiger partial charge in [0.05, 0.1) is 5.01 Å². The third-order valence-electron chi connectivity index (χ3n) is 2.42. The van der Waals surface area contributed by atoms with Gasteiger partial charge in [-0.05, 0) is 6.92 Å². The van der Waals surface area contributed by atoms with Crippen molar-refractivity contribution < 1.29 is 34.0 Å². The predicted molar refractivity (Wildman–Crippen MR) is 79.4 cm³/mol. The summed E-state index contributed by atoms with van der Waals surface area (Å²) in [5, 5.41) is 23.5. The van der Waals surface area contributed by atoms with Gasteiger partial charge in [0, 0.05) is 11.7 Å². The molecule has 0 fully saturated rings. The van der Waals surface area contributed by atoms with Gasteiger partial charge in [-0.15, -0.1) is 11.3 Å². The molecule has 1 aromatic rings. The molecule has 0 bridgehead atoms. The Bertz CT molecular complexity index is 577. The first kappa shape index (κ1) is 17.9. The number of aromatic nitrogens is 1. The van der Waals surface area contributed by atoms with Crippen LogP contribution in [0.3, 0.4) is 0 Å². The van der Waals surface area contributed by atoms with Crippen molar-refractivity contribution in [3.05, 3.63) is 16.1 Å². The van der Waals surface area contributed by atoms with Crippen LogP contribution in [-0.2, 0) is 23.9 Å². The van der Waals surface area contributed by atoms with Crippen LogP contribution in [0.1, 0.15) is 10.7 Å². The summed E-state index contributed by atoms with van der Waals surface area (Å²) in [6.45, 7) is 1.90. The average molecular weight is 326 g/mol. The van der Waals surface area contributed by atoms with Gasteiger partial charge in [-0.2, -0.15) is 0 Å². The lowest BCUT2D eigenvalue weighted by Crippen LogP contribution is -2.30. The first-order valence-electron chi connectivity index (χ1n) is 6.08. The van der Waals surface area contributed by atoms with Crippen LogP contribution in [0.5, 0.6) is 0 Å². The van der Waals surface area contributed by atoms with Crippen LogP contribution in [0.2, 0.25) is 6.32 Å². The van der Waals surface area contributed by atoms with Gasteiger partial charge >= 0.3 is 20.9 Å². The summed E-state index contributed by atoms with van der Waals surface area (Å²) < 4.78 is 4.43. The first-order chi connectivity index (χ1) is 10.5. The smallest absolute Gasteiger partial charge is 0.360 e. The van der Waals surface area contributed by atoms with Crippen molar-refractivity contribution in [2.24, 2.45) is 5.16 Å². The molecule has 0 unspecified atom stereocenters. The number of carbonyl (C=O) groups is 3. The molecule has 0 aliphatic carbocycles. The molecular formula is C10H12B2N2O7S. The summed E-state index contributed by atoms with van der Waals surface area (Å²) in [5.74, 6) is -1.37. The van der Waals surface area contributed by atoms with Crippen molar-refractivity contribution in [2.75, 3.05) is 0 Å². The van der Waals surface area contributed by atoms with Gasteiger partial charge in [0.25, 0.3) is 6.47 Å². The van der Waals surface area contributed by atoms with Crippen LogP contribution < -0.4 is 0 Å². The molecular weight excluding hydrogens is 314 g/mol. The zero-order chi connectivity index (χ0) is 16.5. The summed E-state index contributed by atoms with van der Waals surface area (Å²) >= 11 is 1.24. The highest BCUT2D eigenvalue weighted by Crippen LogP contribution is 2.11. The molecule has 0 aliphatic heterocycles. The van der Waals surface area contributed by atoms with E-state index in [9.17, 15) is 14.4 Å². The van der Waals surface area contributed by atoms with E-state index in [0.29, 0.717) is 5.01 Å². The van der Waals surface area contributed by atoms with E-state index in [2.05, 4.69) is 14.8 Å². The van der Waals surface area contributed by atoms with E-state index < -0.39 is 30.9 Å². The van der Waals surface area contributed by atoms with E-state index in [0.717, 1.165) is 0 Å². The number of carboxylic acid groups (broad SMARTS) is 1. The SMILES string of the molecule is Cc1nc(/C(=N/O[C@@H](CBOC=O)C(=O)BO)C(=O)O)cs1. The third kappa shape index (κ3) is 5.30. The minimum absolute atomic E-state index is 0.0649. The number of hydrogen-bond acceptors (Lipinski definition) is 9. The summed E-state index contributed by atoms with van der Waals surface area (Å²) in [7, 11) is -0.937. The van der Waals surface area contributed by atoms with Gasteiger partial charge in [-0.1, -0.05) is 5.16 Å². The van der Waals surface area contributed by atoms with Crippen molar-refractivity contribution in [3.63, 3.8) is 0 Å². The highest BCUT2D eigenvalue weighted by Gasteiger charge is 2.23. The average Bonchev–Trinajstić information content (AvgIpc) is 2.91. The second-order valence-electron chi connectivity index (χ2n) is 3.97. The molecule has 0 radical (unpaired) electrons. The third-order valence-corrected chi connectivity index (χ3v) is 3.19. The molecule has 1 atom stereocenters. The van der Waals surface area contributed by atoms with E-state index in [1.165, 1.54) is 16.7 Å². The highest BCUT2D eigenvalue weighted by molar-refractivity contribution is 7.09. The number of carboxylic acids is 1. The van der Waals surface area contributed by atoms with Crippen molar-refractivity contribution in [1.82, 2.24) is 4.98 Å². The molecule has 2 N–H and O–H groups in total. The molecule has 0 saturated carbocycles. The first-order valence-corrected chi connectivity index (χ1v) is 6.96. The van der Waals surface area contributed by atoms with Crippen LogP contribution in [0.4, 0.5) is 0 Å². The Hall–Kier alpha value is -2.20. The molecule has 1 heterocycles. The fraction of sp³-hybridized carbons (Fsp3) is 0.300. The normalized spacial score (nSPS) is 12.2.